The molecule has 0 aromatic heterocycles. The molecule has 0 saturated carbocycles. The van der Waals surface area contributed by atoms with Crippen molar-refractivity contribution in [3.05, 3.63) is 48.0 Å². The normalized spacial score (nSPS) is 11.0. The highest BCUT2D eigenvalue weighted by Gasteiger charge is 2.16. The van der Waals surface area contributed by atoms with Crippen LogP contribution in [-0.4, -0.2) is 28.0 Å². The molecule has 0 atom stereocenters. The molecule has 2 aromatic rings. The van der Waals surface area contributed by atoms with E-state index in [0.29, 0.717) is 11.4 Å². The summed E-state index contributed by atoms with van der Waals surface area (Å²) < 4.78 is 33.2. The Labute approximate surface area is 140 Å². The predicted octanol–water partition coefficient (Wildman–Crippen LogP) is 1.67. The number of hydrogen-bond acceptors (Lipinski definition) is 5. The maximum Gasteiger partial charge on any atom is 0.262 e. The van der Waals surface area contributed by atoms with Crippen LogP contribution in [0.15, 0.2) is 47.4 Å². The highest BCUT2D eigenvalue weighted by Crippen LogP contribution is 2.26. The molecule has 0 aliphatic carbocycles. The van der Waals surface area contributed by atoms with Gasteiger partial charge in [-0.1, -0.05) is 12.1 Å². The van der Waals surface area contributed by atoms with Crippen LogP contribution in [0, 0.1) is 6.92 Å². The number of amides is 1. The highest BCUT2D eigenvalue weighted by atomic mass is 32.2. The number of rotatable bonds is 6. The molecule has 24 heavy (non-hydrogen) atoms. The van der Waals surface area contributed by atoms with Gasteiger partial charge < -0.3 is 14.8 Å². The third-order valence-electron chi connectivity index (χ3n) is 3.11. The van der Waals surface area contributed by atoms with E-state index in [2.05, 4.69) is 5.32 Å². The Morgan fingerprint density at radius 2 is 1.96 bits per heavy atom. The number of sulfonamides is 1. The number of nitrogens with two attached hydrogens (primary N) is 1. The van der Waals surface area contributed by atoms with Crippen LogP contribution in [0.1, 0.15) is 5.56 Å². The molecule has 0 aliphatic heterocycles. The van der Waals surface area contributed by atoms with Crippen molar-refractivity contribution in [1.29, 1.82) is 0 Å². The van der Waals surface area contributed by atoms with Crippen molar-refractivity contribution in [1.82, 2.24) is 0 Å². The molecular formula is C16H18N2O5S. The largest absolute Gasteiger partial charge is 0.495 e. The fourth-order valence-electron chi connectivity index (χ4n) is 2.03. The first-order valence-electron chi connectivity index (χ1n) is 7.00. The third kappa shape index (κ3) is 4.71. The van der Waals surface area contributed by atoms with Crippen molar-refractivity contribution in [2.24, 2.45) is 5.14 Å². The van der Waals surface area contributed by atoms with Gasteiger partial charge in [-0.15, -0.1) is 0 Å². The predicted molar refractivity (Wildman–Crippen MR) is 89.7 cm³/mol. The van der Waals surface area contributed by atoms with Crippen LogP contribution in [0.4, 0.5) is 5.69 Å². The van der Waals surface area contributed by atoms with Crippen molar-refractivity contribution in [2.45, 2.75) is 11.8 Å². The summed E-state index contributed by atoms with van der Waals surface area (Å²) in [5.41, 5.74) is 1.40. The lowest BCUT2D eigenvalue weighted by molar-refractivity contribution is -0.118. The average Bonchev–Trinajstić information content (AvgIpc) is 2.52. The van der Waals surface area contributed by atoms with Gasteiger partial charge in [0.25, 0.3) is 5.91 Å². The summed E-state index contributed by atoms with van der Waals surface area (Å²) in [5.74, 6) is 0.254. The summed E-state index contributed by atoms with van der Waals surface area (Å²) >= 11 is 0. The van der Waals surface area contributed by atoms with Crippen LogP contribution in [0.3, 0.4) is 0 Å². The lowest BCUT2D eigenvalue weighted by Gasteiger charge is -2.11. The van der Waals surface area contributed by atoms with E-state index in [1.807, 2.05) is 25.1 Å². The molecule has 0 bridgehead atoms. The maximum absolute atomic E-state index is 11.9. The Bertz CT molecular complexity index is 849. The molecule has 2 aromatic carbocycles. The van der Waals surface area contributed by atoms with Crippen LogP contribution in [-0.2, 0) is 14.8 Å². The van der Waals surface area contributed by atoms with Crippen molar-refractivity contribution >= 4 is 21.6 Å². The van der Waals surface area contributed by atoms with Crippen LogP contribution < -0.4 is 19.9 Å². The first kappa shape index (κ1) is 17.8. The number of carbonyl (C=O) groups excluding carboxylic acids is 1. The maximum atomic E-state index is 11.9. The molecule has 0 radical (unpaired) electrons. The quantitative estimate of drug-likeness (QED) is 0.824. The van der Waals surface area contributed by atoms with Gasteiger partial charge in [0.05, 0.1) is 7.11 Å². The number of aryl methyl sites for hydroxylation is 1. The van der Waals surface area contributed by atoms with E-state index < -0.39 is 10.0 Å². The molecule has 3 N–H and O–H groups in total. The number of primary sulfonamides is 1. The van der Waals surface area contributed by atoms with E-state index in [-0.39, 0.29) is 23.2 Å². The summed E-state index contributed by atoms with van der Waals surface area (Å²) in [5, 5.41) is 7.69. The van der Waals surface area contributed by atoms with Crippen molar-refractivity contribution in [3.63, 3.8) is 0 Å². The Kier molecular flexibility index (Phi) is 5.42. The smallest absolute Gasteiger partial charge is 0.262 e. The van der Waals surface area contributed by atoms with E-state index in [4.69, 9.17) is 14.6 Å². The van der Waals surface area contributed by atoms with Gasteiger partial charge in [0.1, 0.15) is 16.4 Å². The van der Waals surface area contributed by atoms with E-state index >= 15 is 0 Å². The van der Waals surface area contributed by atoms with Gasteiger partial charge in [0.2, 0.25) is 10.0 Å². The fourth-order valence-corrected chi connectivity index (χ4v) is 2.71. The van der Waals surface area contributed by atoms with Gasteiger partial charge in [-0.3, -0.25) is 4.79 Å². The number of ether oxygens (including phenoxy) is 2. The summed E-state index contributed by atoms with van der Waals surface area (Å²) in [4.78, 5) is 11.8. The average molecular weight is 350 g/mol. The van der Waals surface area contributed by atoms with Crippen molar-refractivity contribution in [3.8, 4) is 11.5 Å². The second-order valence-electron chi connectivity index (χ2n) is 5.06. The first-order valence-corrected chi connectivity index (χ1v) is 8.54. The molecule has 128 valence electrons. The van der Waals surface area contributed by atoms with Gasteiger partial charge in [-0.2, -0.15) is 0 Å². The molecule has 0 fully saturated rings. The second-order valence-corrected chi connectivity index (χ2v) is 6.59. The van der Waals surface area contributed by atoms with Gasteiger partial charge in [-0.05, 0) is 36.8 Å². The Balaban J connectivity index is 2.04. The number of benzene rings is 2. The van der Waals surface area contributed by atoms with Crippen LogP contribution >= 0.6 is 0 Å². The summed E-state index contributed by atoms with van der Waals surface area (Å²) in [6.07, 6.45) is 0. The minimum Gasteiger partial charge on any atom is -0.495 e. The molecule has 0 unspecified atom stereocenters. The zero-order chi connectivity index (χ0) is 17.7. The second kappa shape index (κ2) is 7.33. The van der Waals surface area contributed by atoms with Gasteiger partial charge >= 0.3 is 0 Å². The molecular weight excluding hydrogens is 332 g/mol. The Morgan fingerprint density at radius 1 is 1.21 bits per heavy atom. The van der Waals surface area contributed by atoms with Crippen LogP contribution in [0.25, 0.3) is 0 Å². The SMILES string of the molecule is COc1cc(NC(=O)COc2cccc(C)c2)ccc1S(N)(=O)=O. The number of hydrogen-bond donors (Lipinski definition) is 2. The number of carbonyl (C=O) groups is 1. The van der Waals surface area contributed by atoms with Gasteiger partial charge in [-0.25, -0.2) is 13.6 Å². The highest BCUT2D eigenvalue weighted by molar-refractivity contribution is 7.89. The van der Waals surface area contributed by atoms with Crippen LogP contribution in [0.5, 0.6) is 11.5 Å². The number of nitrogens with one attached hydrogen (secondary N) is 1. The van der Waals surface area contributed by atoms with E-state index in [0.717, 1.165) is 5.56 Å². The summed E-state index contributed by atoms with van der Waals surface area (Å²) in [6.45, 7) is 1.75. The molecule has 1 amide bonds. The van der Waals surface area contributed by atoms with Crippen molar-refractivity contribution < 1.29 is 22.7 Å². The third-order valence-corrected chi connectivity index (χ3v) is 4.06. The molecule has 0 spiro atoms. The number of anilines is 1. The van der Waals surface area contributed by atoms with Gasteiger partial charge in [0, 0.05) is 11.8 Å². The minimum atomic E-state index is -3.90. The van der Waals surface area contributed by atoms with E-state index in [9.17, 15) is 13.2 Å². The van der Waals surface area contributed by atoms with E-state index in [1.165, 1.54) is 25.3 Å². The van der Waals surface area contributed by atoms with Gasteiger partial charge in [0.15, 0.2) is 6.61 Å². The zero-order valence-electron chi connectivity index (χ0n) is 13.3. The summed E-state index contributed by atoms with van der Waals surface area (Å²) in [6, 6.07) is 11.4. The Hall–Kier alpha value is -2.58. The van der Waals surface area contributed by atoms with E-state index in [1.54, 1.807) is 6.07 Å². The monoisotopic (exact) mass is 350 g/mol. The topological polar surface area (TPSA) is 108 Å². The minimum absolute atomic E-state index is 0.0508. The summed E-state index contributed by atoms with van der Waals surface area (Å²) in [7, 11) is -2.59. The lowest BCUT2D eigenvalue weighted by atomic mass is 10.2. The first-order chi connectivity index (χ1) is 11.3. The molecule has 8 heteroatoms. The lowest BCUT2D eigenvalue weighted by Crippen LogP contribution is -2.20. The van der Waals surface area contributed by atoms with Crippen LogP contribution in [0.2, 0.25) is 0 Å². The molecule has 0 saturated heterocycles. The Morgan fingerprint density at radius 3 is 2.58 bits per heavy atom. The molecule has 2 rings (SSSR count). The fraction of sp³-hybridized carbons (Fsp3) is 0.188. The molecule has 7 nitrogen and oxygen atoms in total. The van der Waals surface area contributed by atoms with Crippen molar-refractivity contribution in [2.75, 3.05) is 19.0 Å². The molecule has 0 heterocycles. The molecule has 0 aliphatic rings. The number of methoxy groups -OCH3 is 1. The standard InChI is InChI=1S/C16H18N2O5S/c1-11-4-3-5-13(8-11)23-10-16(19)18-12-6-7-15(24(17,20)21)14(9-12)22-2/h3-9H,10H2,1-2H3,(H,18,19)(H2,17,20,21). The zero-order valence-corrected chi connectivity index (χ0v) is 14.1.